The van der Waals surface area contributed by atoms with Gasteiger partial charge in [-0.05, 0) is 6.07 Å². The highest BCUT2D eigenvalue weighted by molar-refractivity contribution is 5.71. The van der Waals surface area contributed by atoms with Gasteiger partial charge >= 0.3 is 5.97 Å². The predicted octanol–water partition coefficient (Wildman–Crippen LogP) is 1.74. The van der Waals surface area contributed by atoms with Crippen LogP contribution in [0.2, 0.25) is 0 Å². The molecule has 100 valence electrons. The minimum absolute atomic E-state index is 0.124. The van der Waals surface area contributed by atoms with E-state index in [9.17, 15) is 4.79 Å². The second-order valence-electron chi connectivity index (χ2n) is 4.76. The van der Waals surface area contributed by atoms with Gasteiger partial charge in [-0.15, -0.1) is 0 Å². The highest BCUT2D eigenvalue weighted by Gasteiger charge is 2.23. The van der Waals surface area contributed by atoms with E-state index in [1.54, 1.807) is 7.11 Å². The molecule has 0 fully saturated rings. The molecule has 1 rings (SSSR count). The third kappa shape index (κ3) is 3.74. The molecule has 0 aliphatic heterocycles. The average Bonchev–Trinajstić information content (AvgIpc) is 2.38. The third-order valence-electron chi connectivity index (χ3n) is 2.90. The Morgan fingerprint density at radius 1 is 1.28 bits per heavy atom. The van der Waals surface area contributed by atoms with Crippen molar-refractivity contribution in [3.63, 3.8) is 0 Å². The van der Waals surface area contributed by atoms with Crippen molar-refractivity contribution in [3.8, 4) is 5.75 Å². The van der Waals surface area contributed by atoms with Crippen LogP contribution in [0.25, 0.3) is 0 Å². The molecule has 0 heterocycles. The molecular weight excluding hydrogens is 230 g/mol. The van der Waals surface area contributed by atoms with Crippen molar-refractivity contribution < 1.29 is 14.3 Å². The van der Waals surface area contributed by atoms with Crippen molar-refractivity contribution in [1.82, 2.24) is 5.32 Å². The number of esters is 1. The summed E-state index contributed by atoms with van der Waals surface area (Å²) >= 11 is 0. The summed E-state index contributed by atoms with van der Waals surface area (Å²) in [7, 11) is 3.05. The number of nitrogens with one attached hydrogen (secondary N) is 1. The van der Waals surface area contributed by atoms with E-state index in [-0.39, 0.29) is 17.9 Å². The van der Waals surface area contributed by atoms with Crippen LogP contribution in [-0.2, 0) is 14.9 Å². The molecule has 0 aromatic heterocycles. The van der Waals surface area contributed by atoms with Gasteiger partial charge in [0.1, 0.15) is 5.75 Å². The molecule has 0 atom stereocenters. The summed E-state index contributed by atoms with van der Waals surface area (Å²) in [4.78, 5) is 11.0. The molecule has 4 heteroatoms. The molecule has 1 aromatic rings. The summed E-state index contributed by atoms with van der Waals surface area (Å²) in [5.74, 6) is 0.605. The van der Waals surface area contributed by atoms with Gasteiger partial charge in [0.25, 0.3) is 0 Å². The van der Waals surface area contributed by atoms with E-state index >= 15 is 0 Å². The topological polar surface area (TPSA) is 47.6 Å². The summed E-state index contributed by atoms with van der Waals surface area (Å²) in [6.07, 6.45) is 0. The monoisotopic (exact) mass is 251 g/mol. The van der Waals surface area contributed by atoms with E-state index in [1.807, 2.05) is 24.3 Å². The summed E-state index contributed by atoms with van der Waals surface area (Å²) in [5.41, 5.74) is 0.991. The fraction of sp³-hybridized carbons (Fsp3) is 0.500. The molecule has 18 heavy (non-hydrogen) atoms. The normalized spacial score (nSPS) is 11.1. The van der Waals surface area contributed by atoms with Gasteiger partial charge in [-0.1, -0.05) is 32.0 Å². The second kappa shape index (κ2) is 6.40. The minimum atomic E-state index is -0.258. The number of methoxy groups -OCH3 is 2. The van der Waals surface area contributed by atoms with Crippen LogP contribution in [0.1, 0.15) is 19.4 Å². The molecule has 0 bridgehead atoms. The Balaban J connectivity index is 2.70. The molecular formula is C14H21NO3. The van der Waals surface area contributed by atoms with E-state index in [4.69, 9.17) is 4.74 Å². The first kappa shape index (κ1) is 14.5. The maximum absolute atomic E-state index is 11.0. The molecule has 0 aliphatic carbocycles. The highest BCUT2D eigenvalue weighted by Crippen LogP contribution is 2.30. The van der Waals surface area contributed by atoms with Crippen LogP contribution in [0.3, 0.4) is 0 Å². The van der Waals surface area contributed by atoms with Gasteiger partial charge in [-0.25, -0.2) is 0 Å². The Labute approximate surface area is 108 Å². The highest BCUT2D eigenvalue weighted by atomic mass is 16.5. The Kier molecular flexibility index (Phi) is 5.16. The SMILES string of the molecule is COC(=O)CNCC(C)(C)c1ccccc1OC. The number of rotatable bonds is 6. The maximum atomic E-state index is 11.0. The van der Waals surface area contributed by atoms with Crippen molar-refractivity contribution in [3.05, 3.63) is 29.8 Å². The van der Waals surface area contributed by atoms with E-state index in [1.165, 1.54) is 7.11 Å². The van der Waals surface area contributed by atoms with Gasteiger partial charge in [-0.2, -0.15) is 0 Å². The molecule has 0 saturated heterocycles. The van der Waals surface area contributed by atoms with Crippen molar-refractivity contribution in [2.75, 3.05) is 27.3 Å². The quantitative estimate of drug-likeness (QED) is 0.782. The lowest BCUT2D eigenvalue weighted by molar-refractivity contribution is -0.139. The van der Waals surface area contributed by atoms with E-state index in [0.29, 0.717) is 6.54 Å². The van der Waals surface area contributed by atoms with Gasteiger partial charge in [0.15, 0.2) is 0 Å². The lowest BCUT2D eigenvalue weighted by Crippen LogP contribution is -2.36. The predicted molar refractivity (Wildman–Crippen MR) is 70.9 cm³/mol. The lowest BCUT2D eigenvalue weighted by Gasteiger charge is -2.27. The van der Waals surface area contributed by atoms with Crippen LogP contribution in [0.15, 0.2) is 24.3 Å². The van der Waals surface area contributed by atoms with E-state index in [2.05, 4.69) is 23.9 Å². The zero-order chi connectivity index (χ0) is 13.6. The van der Waals surface area contributed by atoms with Crippen molar-refractivity contribution >= 4 is 5.97 Å². The number of hydrogen-bond acceptors (Lipinski definition) is 4. The van der Waals surface area contributed by atoms with Crippen LogP contribution in [0, 0.1) is 0 Å². The molecule has 0 spiro atoms. The first-order chi connectivity index (χ1) is 8.51. The molecule has 4 nitrogen and oxygen atoms in total. The summed E-state index contributed by atoms with van der Waals surface area (Å²) in [5, 5.41) is 3.10. The van der Waals surface area contributed by atoms with Crippen LogP contribution >= 0.6 is 0 Å². The van der Waals surface area contributed by atoms with Gasteiger partial charge in [0, 0.05) is 17.5 Å². The number of benzene rings is 1. The lowest BCUT2D eigenvalue weighted by atomic mass is 9.84. The van der Waals surface area contributed by atoms with E-state index < -0.39 is 0 Å². The smallest absolute Gasteiger partial charge is 0.319 e. The number of hydrogen-bond donors (Lipinski definition) is 1. The molecule has 0 aliphatic rings. The Hall–Kier alpha value is -1.55. The number of para-hydroxylation sites is 1. The molecule has 0 radical (unpaired) electrons. The maximum Gasteiger partial charge on any atom is 0.319 e. The minimum Gasteiger partial charge on any atom is -0.496 e. The molecule has 0 saturated carbocycles. The van der Waals surface area contributed by atoms with Crippen LogP contribution in [0.5, 0.6) is 5.75 Å². The number of carbonyl (C=O) groups excluding carboxylic acids is 1. The fourth-order valence-electron chi connectivity index (χ4n) is 1.85. The fourth-order valence-corrected chi connectivity index (χ4v) is 1.85. The van der Waals surface area contributed by atoms with Gasteiger partial charge < -0.3 is 14.8 Å². The standard InChI is InChI=1S/C14H21NO3/c1-14(2,10-15-9-13(16)18-4)11-7-5-6-8-12(11)17-3/h5-8,15H,9-10H2,1-4H3. The van der Waals surface area contributed by atoms with Crippen molar-refractivity contribution in [2.24, 2.45) is 0 Å². The Bertz CT molecular complexity index is 402. The zero-order valence-electron chi connectivity index (χ0n) is 11.4. The largest absolute Gasteiger partial charge is 0.496 e. The third-order valence-corrected chi connectivity index (χ3v) is 2.90. The van der Waals surface area contributed by atoms with E-state index in [0.717, 1.165) is 11.3 Å². The van der Waals surface area contributed by atoms with Gasteiger partial charge in [0.2, 0.25) is 0 Å². The van der Waals surface area contributed by atoms with Gasteiger partial charge in [-0.3, -0.25) is 4.79 Å². The van der Waals surface area contributed by atoms with Crippen LogP contribution < -0.4 is 10.1 Å². The number of ether oxygens (including phenoxy) is 2. The van der Waals surface area contributed by atoms with Crippen LogP contribution in [0.4, 0.5) is 0 Å². The molecule has 1 aromatic carbocycles. The average molecular weight is 251 g/mol. The summed E-state index contributed by atoms with van der Waals surface area (Å²) in [6.45, 7) is 5.10. The Morgan fingerprint density at radius 2 is 1.94 bits per heavy atom. The van der Waals surface area contributed by atoms with Gasteiger partial charge in [0.05, 0.1) is 20.8 Å². The van der Waals surface area contributed by atoms with Crippen LogP contribution in [-0.4, -0.2) is 33.3 Å². The molecule has 1 N–H and O–H groups in total. The first-order valence-electron chi connectivity index (χ1n) is 5.92. The number of carbonyl (C=O) groups is 1. The molecule has 0 amide bonds. The molecule has 0 unspecified atom stereocenters. The second-order valence-corrected chi connectivity index (χ2v) is 4.76. The first-order valence-corrected chi connectivity index (χ1v) is 5.92. The summed E-state index contributed by atoms with van der Waals surface area (Å²) < 4.78 is 9.95. The Morgan fingerprint density at radius 3 is 2.56 bits per heavy atom. The zero-order valence-corrected chi connectivity index (χ0v) is 11.4. The summed E-state index contributed by atoms with van der Waals surface area (Å²) in [6, 6.07) is 7.91. The van der Waals surface area contributed by atoms with Crippen molar-refractivity contribution in [1.29, 1.82) is 0 Å². The van der Waals surface area contributed by atoms with Crippen molar-refractivity contribution in [2.45, 2.75) is 19.3 Å².